The molecular weight excluding hydrogens is 250 g/mol. The molecule has 1 fully saturated rings. The Morgan fingerprint density at radius 3 is 2.50 bits per heavy atom. The Labute approximate surface area is 123 Å². The summed E-state index contributed by atoms with van der Waals surface area (Å²) in [6.45, 7) is 9.00. The van der Waals surface area contributed by atoms with Gasteiger partial charge >= 0.3 is 0 Å². The molecule has 1 unspecified atom stereocenters. The first-order chi connectivity index (χ1) is 9.35. The minimum Gasteiger partial charge on any atom is -0.511 e. The lowest BCUT2D eigenvalue weighted by atomic mass is 9.76. The van der Waals surface area contributed by atoms with Gasteiger partial charge in [-0.15, -0.1) is 0 Å². The average molecular weight is 279 g/mol. The maximum atomic E-state index is 12.5. The van der Waals surface area contributed by atoms with E-state index >= 15 is 0 Å². The first-order valence-electron chi connectivity index (χ1n) is 8.06. The Kier molecular flexibility index (Phi) is 4.46. The molecule has 3 heteroatoms. The highest BCUT2D eigenvalue weighted by Crippen LogP contribution is 2.41. The van der Waals surface area contributed by atoms with E-state index in [1.54, 1.807) is 6.92 Å². The zero-order valence-electron chi connectivity index (χ0n) is 13.4. The van der Waals surface area contributed by atoms with Gasteiger partial charge in [0.15, 0.2) is 0 Å². The van der Waals surface area contributed by atoms with Gasteiger partial charge in [0, 0.05) is 18.0 Å². The third kappa shape index (κ3) is 2.87. The third-order valence-electron chi connectivity index (χ3n) is 5.07. The molecule has 2 rings (SSSR count). The minimum atomic E-state index is -0.259. The van der Waals surface area contributed by atoms with Gasteiger partial charge in [0.2, 0.25) is 0 Å². The molecule has 1 amide bonds. The molecule has 1 saturated carbocycles. The SMILES string of the molecule is CC1=C(O)C(C)(CCC(C)C)CN(C2CCCC2)C1=O. The van der Waals surface area contributed by atoms with Crippen LogP contribution in [0.15, 0.2) is 11.3 Å². The van der Waals surface area contributed by atoms with Gasteiger partial charge in [-0.1, -0.05) is 33.6 Å². The summed E-state index contributed by atoms with van der Waals surface area (Å²) in [4.78, 5) is 14.5. The second-order valence-corrected chi connectivity index (χ2v) is 7.34. The van der Waals surface area contributed by atoms with Crippen LogP contribution in [0.1, 0.15) is 66.2 Å². The van der Waals surface area contributed by atoms with E-state index in [0.717, 1.165) is 25.7 Å². The quantitative estimate of drug-likeness (QED) is 0.843. The molecule has 1 heterocycles. The van der Waals surface area contributed by atoms with Crippen LogP contribution in [0.2, 0.25) is 0 Å². The Bertz CT molecular complexity index is 407. The van der Waals surface area contributed by atoms with Crippen molar-refractivity contribution >= 4 is 5.91 Å². The number of amides is 1. The van der Waals surface area contributed by atoms with Gasteiger partial charge < -0.3 is 10.0 Å². The number of carbonyl (C=O) groups excluding carboxylic acids is 1. The van der Waals surface area contributed by atoms with E-state index < -0.39 is 0 Å². The summed E-state index contributed by atoms with van der Waals surface area (Å²) in [5.74, 6) is 1.01. The fraction of sp³-hybridized carbons (Fsp3) is 0.824. The molecule has 114 valence electrons. The lowest BCUT2D eigenvalue weighted by molar-refractivity contribution is -0.133. The zero-order chi connectivity index (χ0) is 14.9. The Morgan fingerprint density at radius 1 is 1.35 bits per heavy atom. The van der Waals surface area contributed by atoms with Crippen LogP contribution in [-0.2, 0) is 4.79 Å². The van der Waals surface area contributed by atoms with Crippen molar-refractivity contribution in [1.29, 1.82) is 0 Å². The average Bonchev–Trinajstić information content (AvgIpc) is 2.92. The molecule has 0 radical (unpaired) electrons. The first kappa shape index (κ1) is 15.4. The molecule has 0 spiro atoms. The highest BCUT2D eigenvalue weighted by molar-refractivity contribution is 5.94. The molecule has 20 heavy (non-hydrogen) atoms. The van der Waals surface area contributed by atoms with E-state index in [4.69, 9.17) is 0 Å². The van der Waals surface area contributed by atoms with Crippen molar-refractivity contribution in [1.82, 2.24) is 4.90 Å². The standard InChI is InChI=1S/C17H29NO2/c1-12(2)9-10-17(4)11-18(14-7-5-6-8-14)16(20)13(3)15(17)19/h12,14,19H,5-11H2,1-4H3. The number of aliphatic hydroxyl groups is 1. The van der Waals surface area contributed by atoms with Gasteiger partial charge in [0.1, 0.15) is 5.76 Å². The van der Waals surface area contributed by atoms with Crippen LogP contribution in [0, 0.1) is 11.3 Å². The van der Waals surface area contributed by atoms with Gasteiger partial charge in [0.05, 0.1) is 5.57 Å². The maximum Gasteiger partial charge on any atom is 0.253 e. The van der Waals surface area contributed by atoms with Crippen molar-refractivity contribution < 1.29 is 9.90 Å². The molecular formula is C17H29NO2. The summed E-state index contributed by atoms with van der Waals surface area (Å²) in [7, 11) is 0. The summed E-state index contributed by atoms with van der Waals surface area (Å²) in [6.07, 6.45) is 6.74. The van der Waals surface area contributed by atoms with E-state index in [0.29, 0.717) is 29.8 Å². The second kappa shape index (κ2) is 5.79. The number of hydrogen-bond donors (Lipinski definition) is 1. The normalized spacial score (nSPS) is 28.9. The highest BCUT2D eigenvalue weighted by atomic mass is 16.3. The summed E-state index contributed by atoms with van der Waals surface area (Å²) >= 11 is 0. The third-order valence-corrected chi connectivity index (χ3v) is 5.07. The lowest BCUT2D eigenvalue weighted by Gasteiger charge is -2.43. The Hall–Kier alpha value is -0.990. The Morgan fingerprint density at radius 2 is 1.95 bits per heavy atom. The van der Waals surface area contributed by atoms with Gasteiger partial charge in [-0.05, 0) is 38.5 Å². The van der Waals surface area contributed by atoms with E-state index in [1.807, 2.05) is 4.90 Å². The van der Waals surface area contributed by atoms with Crippen molar-refractivity contribution in [3.63, 3.8) is 0 Å². The summed E-state index contributed by atoms with van der Waals surface area (Å²) in [6, 6.07) is 0.393. The first-order valence-corrected chi connectivity index (χ1v) is 8.06. The maximum absolute atomic E-state index is 12.5. The number of rotatable bonds is 4. The van der Waals surface area contributed by atoms with Crippen LogP contribution >= 0.6 is 0 Å². The van der Waals surface area contributed by atoms with Crippen LogP contribution < -0.4 is 0 Å². The molecule has 3 nitrogen and oxygen atoms in total. The number of aliphatic hydroxyl groups excluding tert-OH is 1. The number of nitrogens with zero attached hydrogens (tertiary/aromatic N) is 1. The molecule has 0 saturated heterocycles. The molecule has 1 N–H and O–H groups in total. The lowest BCUT2D eigenvalue weighted by Crippen LogP contribution is -2.50. The Balaban J connectivity index is 2.21. The molecule has 0 aromatic heterocycles. The van der Waals surface area contributed by atoms with Crippen LogP contribution in [-0.4, -0.2) is 28.5 Å². The summed E-state index contributed by atoms with van der Waals surface area (Å²) in [5, 5.41) is 10.5. The molecule has 0 aromatic carbocycles. The van der Waals surface area contributed by atoms with Crippen molar-refractivity contribution in [2.45, 2.75) is 72.3 Å². The van der Waals surface area contributed by atoms with Crippen molar-refractivity contribution in [2.24, 2.45) is 11.3 Å². The zero-order valence-corrected chi connectivity index (χ0v) is 13.4. The highest BCUT2D eigenvalue weighted by Gasteiger charge is 2.43. The predicted molar refractivity (Wildman–Crippen MR) is 81.5 cm³/mol. The topological polar surface area (TPSA) is 40.5 Å². The van der Waals surface area contributed by atoms with Crippen LogP contribution in [0.25, 0.3) is 0 Å². The minimum absolute atomic E-state index is 0.0522. The number of hydrogen-bond acceptors (Lipinski definition) is 2. The monoisotopic (exact) mass is 279 g/mol. The molecule has 1 aliphatic heterocycles. The van der Waals surface area contributed by atoms with Gasteiger partial charge in [-0.2, -0.15) is 0 Å². The fourth-order valence-corrected chi connectivity index (χ4v) is 3.61. The van der Waals surface area contributed by atoms with Gasteiger partial charge in [-0.3, -0.25) is 4.79 Å². The van der Waals surface area contributed by atoms with E-state index in [9.17, 15) is 9.90 Å². The van der Waals surface area contributed by atoms with Crippen LogP contribution in [0.5, 0.6) is 0 Å². The molecule has 2 aliphatic rings. The van der Waals surface area contributed by atoms with Gasteiger partial charge in [0.25, 0.3) is 5.91 Å². The largest absolute Gasteiger partial charge is 0.511 e. The smallest absolute Gasteiger partial charge is 0.253 e. The summed E-state index contributed by atoms with van der Waals surface area (Å²) in [5.41, 5.74) is 0.305. The van der Waals surface area contributed by atoms with E-state index in [2.05, 4.69) is 20.8 Å². The van der Waals surface area contributed by atoms with Crippen molar-refractivity contribution in [2.75, 3.05) is 6.54 Å². The van der Waals surface area contributed by atoms with Crippen molar-refractivity contribution in [3.05, 3.63) is 11.3 Å². The molecule has 0 bridgehead atoms. The molecule has 1 aliphatic carbocycles. The van der Waals surface area contributed by atoms with Crippen LogP contribution in [0.3, 0.4) is 0 Å². The van der Waals surface area contributed by atoms with E-state index in [1.165, 1.54) is 12.8 Å². The fourth-order valence-electron chi connectivity index (χ4n) is 3.61. The van der Waals surface area contributed by atoms with Crippen molar-refractivity contribution in [3.8, 4) is 0 Å². The van der Waals surface area contributed by atoms with E-state index in [-0.39, 0.29) is 11.3 Å². The molecule has 0 aromatic rings. The second-order valence-electron chi connectivity index (χ2n) is 7.34. The predicted octanol–water partition coefficient (Wildman–Crippen LogP) is 4.05. The van der Waals surface area contributed by atoms with Gasteiger partial charge in [-0.25, -0.2) is 0 Å². The summed E-state index contributed by atoms with van der Waals surface area (Å²) < 4.78 is 0. The molecule has 1 atom stereocenters. The van der Waals surface area contributed by atoms with Crippen LogP contribution in [0.4, 0.5) is 0 Å². The number of carbonyl (C=O) groups is 1.